The van der Waals surface area contributed by atoms with Crippen molar-refractivity contribution in [3.05, 3.63) is 58.4 Å². The number of unbranched alkanes of at least 4 members (excludes halogenated alkanes) is 2. The van der Waals surface area contributed by atoms with E-state index in [1.807, 2.05) is 0 Å². The minimum atomic E-state index is -0.660. The number of nitro benzene ring substituents is 1. The molecular formula is C18H20FN3O4. The second-order valence-electron chi connectivity index (χ2n) is 5.59. The summed E-state index contributed by atoms with van der Waals surface area (Å²) in [6, 6.07) is 8.94. The van der Waals surface area contributed by atoms with Crippen molar-refractivity contribution < 1.29 is 18.8 Å². The lowest BCUT2D eigenvalue weighted by Gasteiger charge is -2.10. The monoisotopic (exact) mass is 361 g/mol. The van der Waals surface area contributed by atoms with E-state index in [0.717, 1.165) is 25.3 Å². The first-order valence-corrected chi connectivity index (χ1v) is 8.26. The fourth-order valence-electron chi connectivity index (χ4n) is 2.18. The normalized spacial score (nSPS) is 10.2. The largest absolute Gasteiger partial charge is 0.454 e. The molecule has 0 saturated carbocycles. The zero-order chi connectivity index (χ0) is 18.9. The Bertz CT molecular complexity index is 766. The third-order valence-corrected chi connectivity index (χ3v) is 3.53. The molecule has 0 spiro atoms. The molecule has 0 saturated heterocycles. The van der Waals surface area contributed by atoms with Crippen LogP contribution in [-0.2, 0) is 0 Å². The van der Waals surface area contributed by atoms with Crippen LogP contribution < -0.4 is 15.4 Å². The van der Waals surface area contributed by atoms with Crippen LogP contribution in [0.4, 0.5) is 20.6 Å². The predicted molar refractivity (Wildman–Crippen MR) is 96.1 cm³/mol. The molecule has 0 heterocycles. The number of non-ortho nitro benzene ring substituents is 1. The van der Waals surface area contributed by atoms with Crippen LogP contribution in [0.2, 0.25) is 0 Å². The lowest BCUT2D eigenvalue weighted by Crippen LogP contribution is -2.29. The summed E-state index contributed by atoms with van der Waals surface area (Å²) in [7, 11) is 0. The van der Waals surface area contributed by atoms with Gasteiger partial charge in [-0.1, -0.05) is 19.8 Å². The van der Waals surface area contributed by atoms with E-state index in [1.165, 1.54) is 36.4 Å². The topological polar surface area (TPSA) is 93.5 Å². The van der Waals surface area contributed by atoms with Crippen molar-refractivity contribution in [1.82, 2.24) is 5.32 Å². The summed E-state index contributed by atoms with van der Waals surface area (Å²) in [6.45, 7) is 2.63. The van der Waals surface area contributed by atoms with E-state index < -0.39 is 16.8 Å². The molecule has 0 bridgehead atoms. The highest BCUT2D eigenvalue weighted by Gasteiger charge is 2.10. The van der Waals surface area contributed by atoms with Gasteiger partial charge in [0, 0.05) is 30.4 Å². The number of carbonyl (C=O) groups is 1. The molecule has 0 aliphatic heterocycles. The van der Waals surface area contributed by atoms with Gasteiger partial charge in [0.15, 0.2) is 11.6 Å². The minimum Gasteiger partial charge on any atom is -0.454 e. The van der Waals surface area contributed by atoms with E-state index in [2.05, 4.69) is 17.6 Å². The molecule has 0 aromatic heterocycles. The van der Waals surface area contributed by atoms with Crippen LogP contribution in [0, 0.1) is 15.9 Å². The Labute approximate surface area is 150 Å². The first-order chi connectivity index (χ1) is 12.5. The van der Waals surface area contributed by atoms with Gasteiger partial charge in [0.2, 0.25) is 0 Å². The summed E-state index contributed by atoms with van der Waals surface area (Å²) in [5.41, 5.74) is 0.217. The van der Waals surface area contributed by atoms with Gasteiger partial charge in [-0.15, -0.1) is 0 Å². The van der Waals surface area contributed by atoms with E-state index >= 15 is 0 Å². The molecule has 0 unspecified atom stereocenters. The highest BCUT2D eigenvalue weighted by molar-refractivity contribution is 5.89. The maximum Gasteiger partial charge on any atom is 0.319 e. The number of amides is 2. The molecule has 2 amide bonds. The number of hydrogen-bond acceptors (Lipinski definition) is 4. The van der Waals surface area contributed by atoms with E-state index in [-0.39, 0.29) is 17.2 Å². The average molecular weight is 361 g/mol. The van der Waals surface area contributed by atoms with Crippen molar-refractivity contribution in [1.29, 1.82) is 0 Å². The van der Waals surface area contributed by atoms with Crippen molar-refractivity contribution in [2.75, 3.05) is 11.9 Å². The second kappa shape index (κ2) is 9.36. The molecule has 0 aliphatic rings. The van der Waals surface area contributed by atoms with Crippen molar-refractivity contribution in [3.8, 4) is 11.5 Å². The second-order valence-corrected chi connectivity index (χ2v) is 5.59. The molecule has 8 heteroatoms. The summed E-state index contributed by atoms with van der Waals surface area (Å²) < 4.78 is 19.5. The first kappa shape index (κ1) is 19.2. The fourth-order valence-corrected chi connectivity index (χ4v) is 2.18. The number of halogens is 1. The summed E-state index contributed by atoms with van der Waals surface area (Å²) in [5.74, 6) is -0.441. The van der Waals surface area contributed by atoms with Gasteiger partial charge in [-0.25, -0.2) is 9.18 Å². The molecule has 0 radical (unpaired) electrons. The van der Waals surface area contributed by atoms with Crippen LogP contribution in [0.3, 0.4) is 0 Å². The summed E-state index contributed by atoms with van der Waals surface area (Å²) in [6.07, 6.45) is 2.98. The Morgan fingerprint density at radius 2 is 1.92 bits per heavy atom. The molecular weight excluding hydrogens is 341 g/mol. The number of nitrogens with zero attached hydrogens (tertiary/aromatic N) is 1. The van der Waals surface area contributed by atoms with Gasteiger partial charge in [-0.2, -0.15) is 0 Å². The van der Waals surface area contributed by atoms with E-state index in [0.29, 0.717) is 12.2 Å². The Morgan fingerprint density at radius 3 is 2.54 bits per heavy atom. The number of rotatable bonds is 8. The van der Waals surface area contributed by atoms with Gasteiger partial charge in [-0.3, -0.25) is 10.1 Å². The molecule has 0 atom stereocenters. The molecule has 0 aliphatic carbocycles. The quantitative estimate of drug-likeness (QED) is 0.400. The van der Waals surface area contributed by atoms with E-state index in [9.17, 15) is 19.3 Å². The van der Waals surface area contributed by atoms with Gasteiger partial charge in [-0.05, 0) is 30.7 Å². The van der Waals surface area contributed by atoms with Crippen LogP contribution in [0.25, 0.3) is 0 Å². The highest BCUT2D eigenvalue weighted by Crippen LogP contribution is 2.27. The number of nitro groups is 1. The van der Waals surface area contributed by atoms with Crippen LogP contribution in [-0.4, -0.2) is 17.5 Å². The van der Waals surface area contributed by atoms with Crippen LogP contribution in [0.5, 0.6) is 11.5 Å². The van der Waals surface area contributed by atoms with Crippen molar-refractivity contribution in [2.45, 2.75) is 26.2 Å². The molecule has 26 heavy (non-hydrogen) atoms. The molecule has 138 valence electrons. The van der Waals surface area contributed by atoms with Crippen LogP contribution in [0.15, 0.2) is 42.5 Å². The highest BCUT2D eigenvalue weighted by atomic mass is 19.1. The molecule has 7 nitrogen and oxygen atoms in total. The predicted octanol–water partition coefficient (Wildman–Crippen LogP) is 4.84. The Balaban J connectivity index is 1.94. The third-order valence-electron chi connectivity index (χ3n) is 3.53. The summed E-state index contributed by atoms with van der Waals surface area (Å²) in [4.78, 5) is 21.8. The van der Waals surface area contributed by atoms with E-state index in [1.54, 1.807) is 0 Å². The zero-order valence-electron chi connectivity index (χ0n) is 14.3. The molecule has 0 fully saturated rings. The molecule has 2 N–H and O–H groups in total. The lowest BCUT2D eigenvalue weighted by molar-refractivity contribution is -0.384. The number of nitrogens with one attached hydrogen (secondary N) is 2. The smallest absolute Gasteiger partial charge is 0.319 e. The van der Waals surface area contributed by atoms with Crippen LogP contribution in [0.1, 0.15) is 26.2 Å². The number of carbonyl (C=O) groups excluding carboxylic acids is 1. The Hall–Kier alpha value is -3.16. The number of urea groups is 1. The molecule has 2 rings (SSSR count). The average Bonchev–Trinajstić information content (AvgIpc) is 2.61. The van der Waals surface area contributed by atoms with Gasteiger partial charge < -0.3 is 15.4 Å². The van der Waals surface area contributed by atoms with Gasteiger partial charge >= 0.3 is 6.03 Å². The zero-order valence-corrected chi connectivity index (χ0v) is 14.3. The number of ether oxygens (including phenoxy) is 1. The molecule has 2 aromatic rings. The SMILES string of the molecule is CCCCCNC(=O)Nc1ccc(Oc2ccc([N+](=O)[O-])cc2)c(F)c1. The minimum absolute atomic E-state index is 0.0484. The molecule has 2 aromatic carbocycles. The Kier molecular flexibility index (Phi) is 6.90. The van der Waals surface area contributed by atoms with Crippen molar-refractivity contribution >= 4 is 17.4 Å². The maximum absolute atomic E-state index is 14.1. The fraction of sp³-hybridized carbons (Fsp3) is 0.278. The van der Waals surface area contributed by atoms with Crippen LogP contribution >= 0.6 is 0 Å². The summed E-state index contributed by atoms with van der Waals surface area (Å²) in [5, 5.41) is 15.9. The lowest BCUT2D eigenvalue weighted by atomic mass is 10.2. The van der Waals surface area contributed by atoms with Crippen molar-refractivity contribution in [2.24, 2.45) is 0 Å². The van der Waals surface area contributed by atoms with Gasteiger partial charge in [0.25, 0.3) is 5.69 Å². The number of benzene rings is 2. The number of anilines is 1. The summed E-state index contributed by atoms with van der Waals surface area (Å²) >= 11 is 0. The number of hydrogen-bond donors (Lipinski definition) is 2. The van der Waals surface area contributed by atoms with Crippen molar-refractivity contribution in [3.63, 3.8) is 0 Å². The van der Waals surface area contributed by atoms with Gasteiger partial charge in [0.05, 0.1) is 4.92 Å². The standard InChI is InChI=1S/C18H20FN3O4/c1-2-3-4-11-20-18(23)21-13-5-10-17(16(19)12-13)26-15-8-6-14(7-9-15)22(24)25/h5-10,12H,2-4,11H2,1H3,(H2,20,21,23). The third kappa shape index (κ3) is 5.73. The Morgan fingerprint density at radius 1 is 1.19 bits per heavy atom. The first-order valence-electron chi connectivity index (χ1n) is 8.26. The maximum atomic E-state index is 14.1. The van der Waals surface area contributed by atoms with Gasteiger partial charge in [0.1, 0.15) is 5.75 Å². The van der Waals surface area contributed by atoms with E-state index in [4.69, 9.17) is 4.74 Å².